The van der Waals surface area contributed by atoms with E-state index in [0.29, 0.717) is 12.0 Å². The first-order valence-electron chi connectivity index (χ1n) is 6.40. The average molecular weight is 251 g/mol. The fraction of sp³-hybridized carbons (Fsp3) is 0.667. The van der Waals surface area contributed by atoms with Crippen LogP contribution in [-0.2, 0) is 9.53 Å². The fourth-order valence-electron chi connectivity index (χ4n) is 2.59. The molecule has 0 spiro atoms. The van der Waals surface area contributed by atoms with Gasteiger partial charge in [0.1, 0.15) is 0 Å². The molecule has 1 aliphatic rings. The lowest BCUT2D eigenvalue weighted by Gasteiger charge is -2.41. The minimum Gasteiger partial charge on any atom is -0.466 e. The summed E-state index contributed by atoms with van der Waals surface area (Å²) in [5, 5.41) is 0. The van der Waals surface area contributed by atoms with Crippen LogP contribution in [-0.4, -0.2) is 23.5 Å². The highest BCUT2D eigenvalue weighted by atomic mass is 16.5. The summed E-state index contributed by atoms with van der Waals surface area (Å²) in [4.78, 5) is 13.7. The van der Waals surface area contributed by atoms with E-state index in [1.807, 2.05) is 12.3 Å². The molecule has 18 heavy (non-hydrogen) atoms. The molecular formula is C15H25NO2. The van der Waals surface area contributed by atoms with Crippen LogP contribution in [0.5, 0.6) is 0 Å². The SMILES string of the molecule is COC(=O)C1=CN(C(C)(C)CC(C)(C)C)C=CC1. The van der Waals surface area contributed by atoms with Gasteiger partial charge in [-0.3, -0.25) is 0 Å². The van der Waals surface area contributed by atoms with Gasteiger partial charge in [-0.25, -0.2) is 4.79 Å². The first-order chi connectivity index (χ1) is 8.15. The maximum atomic E-state index is 11.6. The molecule has 0 aromatic heterocycles. The quantitative estimate of drug-likeness (QED) is 0.719. The third kappa shape index (κ3) is 3.90. The molecule has 1 heterocycles. The van der Waals surface area contributed by atoms with E-state index in [1.165, 1.54) is 7.11 Å². The van der Waals surface area contributed by atoms with Gasteiger partial charge >= 0.3 is 5.97 Å². The number of rotatable bonds is 3. The van der Waals surface area contributed by atoms with Crippen LogP contribution in [0.1, 0.15) is 47.5 Å². The van der Waals surface area contributed by atoms with Gasteiger partial charge in [0.05, 0.1) is 12.7 Å². The Labute approximate surface area is 110 Å². The summed E-state index contributed by atoms with van der Waals surface area (Å²) in [6.45, 7) is 11.1. The maximum absolute atomic E-state index is 11.6. The van der Waals surface area contributed by atoms with Gasteiger partial charge in [0, 0.05) is 24.4 Å². The zero-order valence-corrected chi connectivity index (χ0v) is 12.4. The summed E-state index contributed by atoms with van der Waals surface area (Å²) in [7, 11) is 1.42. The number of hydrogen-bond acceptors (Lipinski definition) is 3. The van der Waals surface area contributed by atoms with Crippen molar-refractivity contribution in [1.82, 2.24) is 4.90 Å². The Morgan fingerprint density at radius 1 is 1.33 bits per heavy atom. The van der Waals surface area contributed by atoms with Crippen LogP contribution in [0.15, 0.2) is 24.0 Å². The molecule has 102 valence electrons. The van der Waals surface area contributed by atoms with Gasteiger partial charge in [-0.05, 0) is 25.7 Å². The Bertz CT molecular complexity index is 372. The zero-order chi connectivity index (χ0) is 14.0. The highest BCUT2D eigenvalue weighted by Crippen LogP contribution is 2.33. The summed E-state index contributed by atoms with van der Waals surface area (Å²) < 4.78 is 4.78. The van der Waals surface area contributed by atoms with Crippen molar-refractivity contribution in [2.75, 3.05) is 7.11 Å². The van der Waals surface area contributed by atoms with Crippen molar-refractivity contribution in [3.05, 3.63) is 24.0 Å². The van der Waals surface area contributed by atoms with Crippen LogP contribution in [0.25, 0.3) is 0 Å². The van der Waals surface area contributed by atoms with Crippen molar-refractivity contribution in [1.29, 1.82) is 0 Å². The minimum absolute atomic E-state index is 0.0194. The summed E-state index contributed by atoms with van der Waals surface area (Å²) >= 11 is 0. The van der Waals surface area contributed by atoms with Gasteiger partial charge in [-0.15, -0.1) is 0 Å². The second-order valence-electron chi connectivity index (χ2n) is 6.69. The number of ether oxygens (including phenoxy) is 1. The third-order valence-electron chi connectivity index (χ3n) is 3.01. The van der Waals surface area contributed by atoms with Gasteiger partial charge in [-0.2, -0.15) is 0 Å². The molecule has 0 aliphatic carbocycles. The number of hydrogen-bond donors (Lipinski definition) is 0. The van der Waals surface area contributed by atoms with E-state index in [4.69, 9.17) is 4.74 Å². The van der Waals surface area contributed by atoms with Crippen LogP contribution >= 0.6 is 0 Å². The van der Waals surface area contributed by atoms with Crippen molar-refractivity contribution in [2.45, 2.75) is 53.0 Å². The van der Waals surface area contributed by atoms with E-state index in [2.05, 4.69) is 45.7 Å². The Morgan fingerprint density at radius 3 is 2.44 bits per heavy atom. The van der Waals surface area contributed by atoms with Crippen molar-refractivity contribution >= 4 is 5.97 Å². The fourth-order valence-corrected chi connectivity index (χ4v) is 2.59. The third-order valence-corrected chi connectivity index (χ3v) is 3.01. The van der Waals surface area contributed by atoms with Crippen LogP contribution in [0.2, 0.25) is 0 Å². The number of carbonyl (C=O) groups is 1. The molecule has 0 saturated heterocycles. The van der Waals surface area contributed by atoms with Crippen LogP contribution < -0.4 is 0 Å². The van der Waals surface area contributed by atoms with E-state index in [0.717, 1.165) is 6.42 Å². The van der Waals surface area contributed by atoms with E-state index >= 15 is 0 Å². The number of allylic oxidation sites excluding steroid dienone is 1. The molecule has 3 nitrogen and oxygen atoms in total. The summed E-state index contributed by atoms with van der Waals surface area (Å²) in [6.07, 6.45) is 7.66. The maximum Gasteiger partial charge on any atom is 0.335 e. The predicted octanol–water partition coefficient (Wildman–Crippen LogP) is 3.48. The zero-order valence-electron chi connectivity index (χ0n) is 12.4. The molecule has 0 N–H and O–H groups in total. The molecule has 0 aromatic rings. The lowest BCUT2D eigenvalue weighted by molar-refractivity contribution is -0.136. The molecule has 1 aliphatic heterocycles. The molecule has 0 bridgehead atoms. The van der Waals surface area contributed by atoms with Crippen molar-refractivity contribution in [3.63, 3.8) is 0 Å². The topological polar surface area (TPSA) is 29.5 Å². The Balaban J connectivity index is 2.88. The summed E-state index contributed by atoms with van der Waals surface area (Å²) in [5.41, 5.74) is 0.935. The van der Waals surface area contributed by atoms with Crippen LogP contribution in [0.3, 0.4) is 0 Å². The van der Waals surface area contributed by atoms with Crippen molar-refractivity contribution in [2.24, 2.45) is 5.41 Å². The second kappa shape index (κ2) is 5.17. The number of esters is 1. The molecule has 0 amide bonds. The van der Waals surface area contributed by atoms with E-state index < -0.39 is 0 Å². The normalized spacial score (nSPS) is 16.6. The lowest BCUT2D eigenvalue weighted by atomic mass is 9.81. The molecule has 0 fully saturated rings. The number of methoxy groups -OCH3 is 1. The minimum atomic E-state index is -0.240. The molecule has 0 unspecified atom stereocenters. The van der Waals surface area contributed by atoms with Crippen LogP contribution in [0.4, 0.5) is 0 Å². The number of carbonyl (C=O) groups excluding carboxylic acids is 1. The van der Waals surface area contributed by atoms with E-state index in [1.54, 1.807) is 0 Å². The second-order valence-corrected chi connectivity index (χ2v) is 6.69. The first kappa shape index (κ1) is 14.8. The van der Waals surface area contributed by atoms with Gasteiger partial charge in [0.25, 0.3) is 0 Å². The Kier molecular flexibility index (Phi) is 4.25. The lowest BCUT2D eigenvalue weighted by Crippen LogP contribution is -2.41. The summed E-state index contributed by atoms with van der Waals surface area (Å²) in [6, 6.07) is 0. The standard InChI is InChI=1S/C15H25NO2/c1-14(2,3)11-15(4,5)16-9-7-8-12(10-16)13(17)18-6/h7,9-10H,8,11H2,1-6H3. The molecule has 1 rings (SSSR count). The number of nitrogens with zero attached hydrogens (tertiary/aromatic N) is 1. The predicted molar refractivity (Wildman–Crippen MR) is 73.8 cm³/mol. The molecule has 3 heteroatoms. The molecule has 0 atom stereocenters. The molecular weight excluding hydrogens is 226 g/mol. The smallest absolute Gasteiger partial charge is 0.335 e. The van der Waals surface area contributed by atoms with Gasteiger partial charge < -0.3 is 9.64 Å². The van der Waals surface area contributed by atoms with Gasteiger partial charge in [-0.1, -0.05) is 26.8 Å². The van der Waals surface area contributed by atoms with Crippen molar-refractivity contribution < 1.29 is 9.53 Å². The van der Waals surface area contributed by atoms with E-state index in [-0.39, 0.29) is 16.9 Å². The monoisotopic (exact) mass is 251 g/mol. The Morgan fingerprint density at radius 2 is 1.94 bits per heavy atom. The summed E-state index contributed by atoms with van der Waals surface area (Å²) in [5.74, 6) is -0.240. The Hall–Kier alpha value is -1.25. The average Bonchev–Trinajstić information content (AvgIpc) is 2.25. The highest BCUT2D eigenvalue weighted by Gasteiger charge is 2.30. The van der Waals surface area contributed by atoms with Gasteiger partial charge in [0.2, 0.25) is 0 Å². The first-order valence-corrected chi connectivity index (χ1v) is 6.40. The van der Waals surface area contributed by atoms with Crippen LogP contribution in [0, 0.1) is 5.41 Å². The molecule has 0 aromatic carbocycles. The van der Waals surface area contributed by atoms with E-state index in [9.17, 15) is 4.79 Å². The van der Waals surface area contributed by atoms with Gasteiger partial charge in [0.15, 0.2) is 0 Å². The van der Waals surface area contributed by atoms with Crippen molar-refractivity contribution in [3.8, 4) is 0 Å². The largest absolute Gasteiger partial charge is 0.466 e. The molecule has 0 saturated carbocycles. The molecule has 0 radical (unpaired) electrons. The highest BCUT2D eigenvalue weighted by molar-refractivity contribution is 5.88.